The minimum absolute atomic E-state index is 0.147. The lowest BCUT2D eigenvalue weighted by molar-refractivity contribution is 0.0702. The molecule has 3 heterocycles. The van der Waals surface area contributed by atoms with Crippen molar-refractivity contribution in [2.24, 2.45) is 5.92 Å². The Hall–Kier alpha value is -4.20. The highest BCUT2D eigenvalue weighted by molar-refractivity contribution is 7.12. The van der Waals surface area contributed by atoms with Gasteiger partial charge < -0.3 is 19.7 Å². The molecule has 1 aliphatic heterocycles. The molecule has 3 atom stereocenters. The zero-order valence-corrected chi connectivity index (χ0v) is 22.9. The maximum atomic E-state index is 13.6. The van der Waals surface area contributed by atoms with E-state index in [0.717, 1.165) is 17.9 Å². The molecule has 0 saturated carbocycles. The first-order chi connectivity index (χ1) is 19.5. The van der Waals surface area contributed by atoms with Gasteiger partial charge in [0.1, 0.15) is 10.6 Å². The molecule has 5 aromatic rings. The highest BCUT2D eigenvalue weighted by Crippen LogP contribution is 2.35. The van der Waals surface area contributed by atoms with E-state index in [0.29, 0.717) is 24.4 Å². The summed E-state index contributed by atoms with van der Waals surface area (Å²) in [5, 5.41) is 17.4. The second kappa shape index (κ2) is 11.1. The summed E-state index contributed by atoms with van der Waals surface area (Å²) in [6.07, 6.45) is 0. The molecule has 0 spiro atoms. The number of furan rings is 1. The Labute approximate surface area is 236 Å². The predicted molar refractivity (Wildman–Crippen MR) is 158 cm³/mol. The molecule has 0 aliphatic carbocycles. The van der Waals surface area contributed by atoms with Crippen LogP contribution in [0.1, 0.15) is 50.2 Å². The first-order valence-corrected chi connectivity index (χ1v) is 14.3. The number of nitrogens with zero attached hydrogens (tertiary/aromatic N) is 1. The number of carbonyl (C=O) groups excluding carboxylic acids is 1. The van der Waals surface area contributed by atoms with Crippen LogP contribution in [0.4, 0.5) is 0 Å². The first-order valence-electron chi connectivity index (χ1n) is 13.5. The van der Waals surface area contributed by atoms with E-state index >= 15 is 0 Å². The summed E-state index contributed by atoms with van der Waals surface area (Å²) in [6.45, 7) is 4.14. The van der Waals surface area contributed by atoms with Crippen molar-refractivity contribution < 1.29 is 19.1 Å². The molecule has 1 fully saturated rings. The smallest absolute Gasteiger partial charge is 0.346 e. The first kappa shape index (κ1) is 26.0. The number of hydrogen-bond acceptors (Lipinski definition) is 5. The van der Waals surface area contributed by atoms with Crippen molar-refractivity contribution in [3.8, 4) is 11.3 Å². The molecule has 3 aromatic carbocycles. The molecule has 1 aliphatic rings. The van der Waals surface area contributed by atoms with E-state index in [9.17, 15) is 14.7 Å². The molecule has 6 nitrogen and oxygen atoms in total. The molecule has 0 bridgehead atoms. The van der Waals surface area contributed by atoms with Crippen molar-refractivity contribution in [1.82, 2.24) is 10.2 Å². The molecule has 1 amide bonds. The third-order valence-electron chi connectivity index (χ3n) is 7.87. The molecule has 0 unspecified atom stereocenters. The molecule has 6 rings (SSSR count). The minimum Gasteiger partial charge on any atom is -0.477 e. The Morgan fingerprint density at radius 3 is 2.58 bits per heavy atom. The number of thiophene rings is 1. The number of nitrogens with one attached hydrogen (secondary N) is 1. The predicted octanol–water partition coefficient (Wildman–Crippen LogP) is 7.07. The molecule has 2 aromatic heterocycles. The number of hydrogen-bond donors (Lipinski definition) is 2. The van der Waals surface area contributed by atoms with Gasteiger partial charge in [0.05, 0.1) is 0 Å². The van der Waals surface area contributed by atoms with Crippen LogP contribution in [0.15, 0.2) is 101 Å². The third kappa shape index (κ3) is 5.06. The fraction of sp³-hybridized carbons (Fsp3) is 0.212. The van der Waals surface area contributed by atoms with Crippen LogP contribution in [0.2, 0.25) is 0 Å². The van der Waals surface area contributed by atoms with E-state index in [-0.39, 0.29) is 34.4 Å². The SMILES string of the molecule is C[C@@H](NC[C@@H]1CN(C(=O)c2ccc(-c3ccsc3C(=O)O)o2)C[C@@H]1c1ccccc1)c1cccc2ccccc12. The number of likely N-dealkylation sites (tertiary alicyclic amines) is 1. The summed E-state index contributed by atoms with van der Waals surface area (Å²) in [5.41, 5.74) is 2.97. The molecular formula is C33H30N2O4S. The van der Waals surface area contributed by atoms with Gasteiger partial charge in [0, 0.05) is 37.2 Å². The lowest BCUT2D eigenvalue weighted by atomic mass is 9.88. The molecule has 202 valence electrons. The zero-order valence-electron chi connectivity index (χ0n) is 22.1. The lowest BCUT2D eigenvalue weighted by Crippen LogP contribution is -2.31. The monoisotopic (exact) mass is 550 g/mol. The van der Waals surface area contributed by atoms with E-state index in [2.05, 4.69) is 66.8 Å². The van der Waals surface area contributed by atoms with E-state index in [1.54, 1.807) is 23.6 Å². The highest BCUT2D eigenvalue weighted by Gasteiger charge is 2.37. The van der Waals surface area contributed by atoms with Crippen molar-refractivity contribution in [3.05, 3.63) is 118 Å². The van der Waals surface area contributed by atoms with Crippen LogP contribution < -0.4 is 5.32 Å². The van der Waals surface area contributed by atoms with Gasteiger partial charge in [-0.3, -0.25) is 4.79 Å². The normalized spacial score (nSPS) is 17.8. The van der Waals surface area contributed by atoms with Crippen LogP contribution in [0.3, 0.4) is 0 Å². The standard InChI is InChI=1S/C33H30N2O4S/c1-21(25-13-7-11-22-10-5-6-12-26(22)25)34-18-24-19-35(20-28(24)23-8-3-2-4-9-23)32(36)30-15-14-29(39-30)27-16-17-40-31(27)33(37)38/h2-17,21,24,28,34H,18-20H2,1H3,(H,37,38)/t21-,24-,28-/m1/s1. The molecule has 7 heteroatoms. The van der Waals surface area contributed by atoms with Crippen LogP contribution in [-0.2, 0) is 0 Å². The largest absolute Gasteiger partial charge is 0.477 e. The Morgan fingerprint density at radius 1 is 0.975 bits per heavy atom. The van der Waals surface area contributed by atoms with Crippen LogP contribution in [-0.4, -0.2) is 41.5 Å². The summed E-state index contributed by atoms with van der Waals surface area (Å²) in [5.74, 6) is -0.169. The van der Waals surface area contributed by atoms with Crippen molar-refractivity contribution in [3.63, 3.8) is 0 Å². The molecular weight excluding hydrogens is 520 g/mol. The van der Waals surface area contributed by atoms with Crippen molar-refractivity contribution in [2.45, 2.75) is 18.9 Å². The Balaban J connectivity index is 1.21. The number of carboxylic acids is 1. The summed E-state index contributed by atoms with van der Waals surface area (Å²) < 4.78 is 5.90. The average molecular weight is 551 g/mol. The fourth-order valence-corrected chi connectivity index (χ4v) is 6.55. The van der Waals surface area contributed by atoms with Gasteiger partial charge in [-0.15, -0.1) is 11.3 Å². The van der Waals surface area contributed by atoms with E-state index in [1.165, 1.54) is 21.9 Å². The number of rotatable bonds is 8. The fourth-order valence-electron chi connectivity index (χ4n) is 5.81. The number of amides is 1. The number of carbonyl (C=O) groups is 2. The maximum Gasteiger partial charge on any atom is 0.346 e. The lowest BCUT2D eigenvalue weighted by Gasteiger charge is -2.23. The third-order valence-corrected chi connectivity index (χ3v) is 8.78. The summed E-state index contributed by atoms with van der Waals surface area (Å²) in [4.78, 5) is 27.2. The van der Waals surface area contributed by atoms with Gasteiger partial charge in [-0.2, -0.15) is 0 Å². The highest BCUT2D eigenvalue weighted by atomic mass is 32.1. The van der Waals surface area contributed by atoms with Gasteiger partial charge in [-0.1, -0.05) is 72.8 Å². The van der Waals surface area contributed by atoms with Gasteiger partial charge in [0.2, 0.25) is 0 Å². The average Bonchev–Trinajstić information content (AvgIpc) is 3.75. The second-order valence-corrected chi connectivity index (χ2v) is 11.2. The van der Waals surface area contributed by atoms with Gasteiger partial charge >= 0.3 is 5.97 Å². The van der Waals surface area contributed by atoms with E-state index in [4.69, 9.17) is 4.42 Å². The van der Waals surface area contributed by atoms with Crippen molar-refractivity contribution >= 4 is 34.0 Å². The maximum absolute atomic E-state index is 13.6. The molecule has 40 heavy (non-hydrogen) atoms. The number of fused-ring (bicyclic) bond motifs is 1. The summed E-state index contributed by atoms with van der Waals surface area (Å²) in [7, 11) is 0. The van der Waals surface area contributed by atoms with Gasteiger partial charge in [0.25, 0.3) is 5.91 Å². The van der Waals surface area contributed by atoms with Crippen LogP contribution in [0.5, 0.6) is 0 Å². The quantitative estimate of drug-likeness (QED) is 0.216. The summed E-state index contributed by atoms with van der Waals surface area (Å²) in [6, 6.07) is 30.4. The minimum atomic E-state index is -1.01. The Bertz CT molecular complexity index is 1650. The zero-order chi connectivity index (χ0) is 27.6. The second-order valence-electron chi connectivity index (χ2n) is 10.3. The number of benzene rings is 3. The summed E-state index contributed by atoms with van der Waals surface area (Å²) >= 11 is 1.14. The van der Waals surface area contributed by atoms with Gasteiger partial charge in [0.15, 0.2) is 5.76 Å². The van der Waals surface area contributed by atoms with E-state index < -0.39 is 5.97 Å². The number of carboxylic acid groups (broad SMARTS) is 1. The Kier molecular flexibility index (Phi) is 7.24. The molecule has 0 radical (unpaired) electrons. The topological polar surface area (TPSA) is 82.8 Å². The van der Waals surface area contributed by atoms with Crippen molar-refractivity contribution in [1.29, 1.82) is 0 Å². The van der Waals surface area contributed by atoms with Gasteiger partial charge in [-0.25, -0.2) is 4.79 Å². The van der Waals surface area contributed by atoms with Gasteiger partial charge in [-0.05, 0) is 58.3 Å². The van der Waals surface area contributed by atoms with E-state index in [1.807, 2.05) is 23.1 Å². The van der Waals surface area contributed by atoms with Crippen LogP contribution in [0.25, 0.3) is 22.1 Å². The van der Waals surface area contributed by atoms with Crippen molar-refractivity contribution in [2.75, 3.05) is 19.6 Å². The number of aromatic carboxylic acids is 1. The van der Waals surface area contributed by atoms with Crippen LogP contribution in [0, 0.1) is 5.92 Å². The molecule has 2 N–H and O–H groups in total. The van der Waals surface area contributed by atoms with Crippen LogP contribution >= 0.6 is 11.3 Å². The Morgan fingerprint density at radius 2 is 1.75 bits per heavy atom. The molecule has 1 saturated heterocycles.